The van der Waals surface area contributed by atoms with Crippen molar-refractivity contribution in [2.24, 2.45) is 0 Å². The third-order valence-electron chi connectivity index (χ3n) is 5.40. The molecule has 158 valence electrons. The van der Waals surface area contributed by atoms with E-state index in [2.05, 4.69) is 43.8 Å². The van der Waals surface area contributed by atoms with Crippen molar-refractivity contribution in [1.29, 1.82) is 0 Å². The number of fused-ring (bicyclic) bond motifs is 2. The molecule has 8 heteroatoms. The van der Waals surface area contributed by atoms with Gasteiger partial charge in [0.15, 0.2) is 0 Å². The predicted molar refractivity (Wildman–Crippen MR) is 127 cm³/mol. The average Bonchev–Trinajstić information content (AvgIpc) is 3.40. The molecule has 0 unspecified atom stereocenters. The normalized spacial score (nSPS) is 14.3. The molecule has 0 atom stereocenters. The Hall–Kier alpha value is -3.39. The number of amides is 2. The minimum atomic E-state index is -0.00647. The number of hydrogen-bond donors (Lipinski definition) is 3. The SMILES string of the molecule is CC(C)NC(=O)N1CC=C(c2cc3c(Nc4ccc5ncsc5c4)ccnc3[nH]2)CC1. The number of H-pyrrole nitrogens is 1. The van der Waals surface area contributed by atoms with E-state index in [1.807, 2.05) is 48.7 Å². The number of nitrogens with one attached hydrogen (secondary N) is 3. The quantitative estimate of drug-likeness (QED) is 0.418. The Kier molecular flexibility index (Phi) is 5.07. The summed E-state index contributed by atoms with van der Waals surface area (Å²) in [4.78, 5) is 26.4. The highest BCUT2D eigenvalue weighted by Gasteiger charge is 2.19. The lowest BCUT2D eigenvalue weighted by Gasteiger charge is -2.27. The van der Waals surface area contributed by atoms with Crippen LogP contribution in [0.5, 0.6) is 0 Å². The van der Waals surface area contributed by atoms with Crippen LogP contribution in [-0.4, -0.2) is 45.0 Å². The van der Waals surface area contributed by atoms with Crippen LogP contribution in [0.2, 0.25) is 0 Å². The molecular formula is C23H24N6OS. The molecule has 1 aliphatic rings. The summed E-state index contributed by atoms with van der Waals surface area (Å²) in [6.45, 7) is 5.26. The Morgan fingerprint density at radius 3 is 2.94 bits per heavy atom. The second-order valence-electron chi connectivity index (χ2n) is 7.99. The van der Waals surface area contributed by atoms with Crippen molar-refractivity contribution in [3.05, 3.63) is 53.8 Å². The molecule has 4 aromatic rings. The topological polar surface area (TPSA) is 85.9 Å². The van der Waals surface area contributed by atoms with E-state index in [9.17, 15) is 4.79 Å². The summed E-state index contributed by atoms with van der Waals surface area (Å²) in [7, 11) is 0. The molecule has 7 nitrogen and oxygen atoms in total. The Morgan fingerprint density at radius 1 is 1.23 bits per heavy atom. The second kappa shape index (κ2) is 8.03. The van der Waals surface area contributed by atoms with Crippen molar-refractivity contribution in [2.75, 3.05) is 18.4 Å². The summed E-state index contributed by atoms with van der Waals surface area (Å²) >= 11 is 1.63. The molecule has 0 saturated heterocycles. The molecule has 0 bridgehead atoms. The van der Waals surface area contributed by atoms with Crippen LogP contribution in [0, 0.1) is 0 Å². The second-order valence-corrected chi connectivity index (χ2v) is 8.88. The van der Waals surface area contributed by atoms with Gasteiger partial charge in [0.05, 0.1) is 21.4 Å². The molecule has 4 heterocycles. The van der Waals surface area contributed by atoms with Crippen LogP contribution in [0.4, 0.5) is 16.2 Å². The van der Waals surface area contributed by atoms with Gasteiger partial charge in [0.25, 0.3) is 0 Å². The number of rotatable bonds is 4. The summed E-state index contributed by atoms with van der Waals surface area (Å²) in [5.41, 5.74) is 8.02. The smallest absolute Gasteiger partial charge is 0.317 e. The van der Waals surface area contributed by atoms with Gasteiger partial charge in [-0.05, 0) is 56.2 Å². The number of urea groups is 1. The first-order valence-corrected chi connectivity index (χ1v) is 11.3. The number of carbonyl (C=O) groups is 1. The van der Waals surface area contributed by atoms with Crippen molar-refractivity contribution in [1.82, 2.24) is 25.2 Å². The van der Waals surface area contributed by atoms with Crippen LogP contribution < -0.4 is 10.6 Å². The predicted octanol–water partition coefficient (Wildman–Crippen LogP) is 5.12. The van der Waals surface area contributed by atoms with Gasteiger partial charge in [0.2, 0.25) is 0 Å². The first-order valence-electron chi connectivity index (χ1n) is 10.4. The largest absolute Gasteiger partial charge is 0.355 e. The number of hydrogen-bond acceptors (Lipinski definition) is 5. The molecule has 3 aromatic heterocycles. The number of aromatic nitrogens is 3. The van der Waals surface area contributed by atoms with Gasteiger partial charge in [-0.25, -0.2) is 14.8 Å². The maximum atomic E-state index is 12.2. The fourth-order valence-electron chi connectivity index (χ4n) is 3.83. The van der Waals surface area contributed by atoms with Crippen LogP contribution in [0.1, 0.15) is 26.0 Å². The van der Waals surface area contributed by atoms with Crippen molar-refractivity contribution >= 4 is 55.6 Å². The molecule has 1 aliphatic heterocycles. The van der Waals surface area contributed by atoms with E-state index in [0.29, 0.717) is 13.1 Å². The van der Waals surface area contributed by atoms with Crippen LogP contribution in [0.25, 0.3) is 26.8 Å². The van der Waals surface area contributed by atoms with Crippen molar-refractivity contribution in [3.8, 4) is 0 Å². The van der Waals surface area contributed by atoms with Crippen molar-refractivity contribution < 1.29 is 4.79 Å². The van der Waals surface area contributed by atoms with Gasteiger partial charge in [-0.2, -0.15) is 0 Å². The van der Waals surface area contributed by atoms with Gasteiger partial charge >= 0.3 is 6.03 Å². The van der Waals surface area contributed by atoms with E-state index in [1.54, 1.807) is 11.3 Å². The fourth-order valence-corrected chi connectivity index (χ4v) is 4.55. The lowest BCUT2D eigenvalue weighted by Crippen LogP contribution is -2.44. The number of carbonyl (C=O) groups excluding carboxylic acids is 1. The maximum Gasteiger partial charge on any atom is 0.317 e. The third-order valence-corrected chi connectivity index (χ3v) is 6.19. The third kappa shape index (κ3) is 3.98. The standard InChI is InChI=1S/C23H24N6OS/c1-14(2)26-23(30)29-9-6-15(7-10-29)20-12-17-18(5-8-24-22(17)28-20)27-16-3-4-19-21(11-16)31-13-25-19/h3-6,8,11-14H,7,9-10H2,1-2H3,(H,26,30)(H2,24,27,28). The lowest BCUT2D eigenvalue weighted by molar-refractivity contribution is 0.200. The van der Waals surface area contributed by atoms with Gasteiger partial charge in [-0.3, -0.25) is 0 Å². The summed E-state index contributed by atoms with van der Waals surface area (Å²) in [6, 6.07) is 10.5. The Morgan fingerprint density at radius 2 is 2.13 bits per heavy atom. The van der Waals surface area contributed by atoms with E-state index < -0.39 is 0 Å². The molecule has 2 amide bonds. The summed E-state index contributed by atoms with van der Waals surface area (Å²) in [5, 5.41) is 7.52. The lowest BCUT2D eigenvalue weighted by atomic mass is 10.0. The first-order chi connectivity index (χ1) is 15.1. The summed E-state index contributed by atoms with van der Waals surface area (Å²) in [5.74, 6) is 0. The van der Waals surface area contributed by atoms with E-state index in [0.717, 1.165) is 44.7 Å². The maximum absolute atomic E-state index is 12.2. The Labute approximate surface area is 184 Å². The van der Waals surface area contributed by atoms with Gasteiger partial charge in [0, 0.05) is 42.1 Å². The average molecular weight is 433 g/mol. The van der Waals surface area contributed by atoms with Crippen molar-refractivity contribution in [2.45, 2.75) is 26.3 Å². The monoisotopic (exact) mass is 432 g/mol. The Bertz CT molecular complexity index is 1290. The van der Waals surface area contributed by atoms with Gasteiger partial charge < -0.3 is 20.5 Å². The van der Waals surface area contributed by atoms with Crippen LogP contribution in [-0.2, 0) is 0 Å². The van der Waals surface area contributed by atoms with Gasteiger partial charge in [0.1, 0.15) is 5.65 Å². The highest BCUT2D eigenvalue weighted by molar-refractivity contribution is 7.16. The van der Waals surface area contributed by atoms with E-state index in [1.165, 1.54) is 5.57 Å². The van der Waals surface area contributed by atoms with Gasteiger partial charge in [-0.15, -0.1) is 11.3 Å². The molecule has 3 N–H and O–H groups in total. The number of aromatic amines is 1. The van der Waals surface area contributed by atoms with Crippen molar-refractivity contribution in [3.63, 3.8) is 0 Å². The minimum absolute atomic E-state index is 0.00647. The van der Waals surface area contributed by atoms with Crippen LogP contribution in [0.3, 0.4) is 0 Å². The van der Waals surface area contributed by atoms with E-state index in [4.69, 9.17) is 0 Å². The molecule has 0 fully saturated rings. The molecular weight excluding hydrogens is 408 g/mol. The highest BCUT2D eigenvalue weighted by atomic mass is 32.1. The molecule has 0 saturated carbocycles. The molecule has 5 rings (SSSR count). The zero-order chi connectivity index (χ0) is 21.4. The minimum Gasteiger partial charge on any atom is -0.355 e. The molecule has 1 aromatic carbocycles. The van der Waals surface area contributed by atoms with E-state index >= 15 is 0 Å². The highest BCUT2D eigenvalue weighted by Crippen LogP contribution is 2.31. The zero-order valence-electron chi connectivity index (χ0n) is 17.5. The number of benzene rings is 1. The van der Waals surface area contributed by atoms with Gasteiger partial charge in [-0.1, -0.05) is 6.08 Å². The molecule has 0 spiro atoms. The summed E-state index contributed by atoms with van der Waals surface area (Å²) < 4.78 is 1.16. The van der Waals surface area contributed by atoms with Crippen LogP contribution >= 0.6 is 11.3 Å². The summed E-state index contributed by atoms with van der Waals surface area (Å²) in [6.07, 6.45) is 4.74. The van der Waals surface area contributed by atoms with Crippen LogP contribution in [0.15, 0.2) is 48.1 Å². The first kappa shape index (κ1) is 19.6. The molecule has 31 heavy (non-hydrogen) atoms. The number of anilines is 2. The number of nitrogens with zero attached hydrogens (tertiary/aromatic N) is 3. The molecule has 0 radical (unpaired) electrons. The Balaban J connectivity index is 1.38. The number of pyridine rings is 1. The fraction of sp³-hybridized carbons (Fsp3) is 0.261. The zero-order valence-corrected chi connectivity index (χ0v) is 18.3. The molecule has 0 aliphatic carbocycles. The number of thiazole rings is 1. The van der Waals surface area contributed by atoms with E-state index in [-0.39, 0.29) is 12.1 Å².